The van der Waals surface area contributed by atoms with Crippen LogP contribution in [0.3, 0.4) is 0 Å². The van der Waals surface area contributed by atoms with E-state index in [1.165, 1.54) is 19.3 Å². The smallest absolute Gasteiger partial charge is 0.303 e. The predicted molar refractivity (Wildman–Crippen MR) is 52.6 cm³/mol. The third kappa shape index (κ3) is 3.79. The van der Waals surface area contributed by atoms with E-state index in [9.17, 15) is 4.79 Å². The molecule has 1 rings (SSSR count). The van der Waals surface area contributed by atoms with E-state index in [-0.39, 0.29) is 0 Å². The molecule has 0 aliphatic heterocycles. The van der Waals surface area contributed by atoms with Gasteiger partial charge in [0.25, 0.3) is 0 Å². The van der Waals surface area contributed by atoms with Crippen molar-refractivity contribution >= 4 is 5.97 Å². The van der Waals surface area contributed by atoms with Crippen LogP contribution in [0.5, 0.6) is 0 Å². The van der Waals surface area contributed by atoms with Gasteiger partial charge in [0.15, 0.2) is 0 Å². The molecule has 0 radical (unpaired) electrons. The average molecular weight is 184 g/mol. The Kier molecular flexibility index (Phi) is 3.34. The molecule has 2 nitrogen and oxygen atoms in total. The molecule has 1 aliphatic carbocycles. The lowest BCUT2D eigenvalue weighted by molar-refractivity contribution is -0.137. The molecule has 0 amide bonds. The highest BCUT2D eigenvalue weighted by molar-refractivity contribution is 5.66. The molecule has 1 aliphatic rings. The van der Waals surface area contributed by atoms with Gasteiger partial charge in [0.1, 0.15) is 0 Å². The van der Waals surface area contributed by atoms with E-state index < -0.39 is 5.97 Å². The van der Waals surface area contributed by atoms with Crippen molar-refractivity contribution in [1.82, 2.24) is 0 Å². The topological polar surface area (TPSA) is 37.3 Å². The number of carbonyl (C=O) groups is 1. The second kappa shape index (κ2) is 4.12. The summed E-state index contributed by atoms with van der Waals surface area (Å²) in [5.74, 6) is 0.131. The molecule has 1 fully saturated rings. The monoisotopic (exact) mass is 184 g/mol. The summed E-state index contributed by atoms with van der Waals surface area (Å²) in [6.07, 6.45) is 6.20. The Morgan fingerprint density at radius 3 is 2.69 bits per heavy atom. The van der Waals surface area contributed by atoms with Gasteiger partial charge in [-0.15, -0.1) is 0 Å². The molecular formula is C11H20O2. The molecule has 0 aromatic rings. The molecule has 0 bridgehead atoms. The van der Waals surface area contributed by atoms with Crippen LogP contribution >= 0.6 is 0 Å². The van der Waals surface area contributed by atoms with Gasteiger partial charge in [-0.1, -0.05) is 13.8 Å². The average Bonchev–Trinajstić information content (AvgIpc) is 2.29. The van der Waals surface area contributed by atoms with E-state index in [4.69, 9.17) is 5.11 Å². The number of hydrogen-bond donors (Lipinski definition) is 1. The third-order valence-corrected chi connectivity index (χ3v) is 3.07. The predicted octanol–water partition coefficient (Wildman–Crippen LogP) is 3.07. The van der Waals surface area contributed by atoms with Crippen LogP contribution in [0, 0.1) is 11.3 Å². The number of carboxylic acids is 1. The van der Waals surface area contributed by atoms with E-state index in [2.05, 4.69) is 13.8 Å². The van der Waals surface area contributed by atoms with Gasteiger partial charge in [0, 0.05) is 6.42 Å². The zero-order chi connectivity index (χ0) is 9.90. The Balaban J connectivity index is 2.14. The van der Waals surface area contributed by atoms with Gasteiger partial charge < -0.3 is 5.11 Å². The maximum atomic E-state index is 10.3. The first-order valence-electron chi connectivity index (χ1n) is 5.21. The minimum Gasteiger partial charge on any atom is -0.481 e. The Bertz CT molecular complexity index is 185. The molecule has 0 spiro atoms. The van der Waals surface area contributed by atoms with Crippen LogP contribution in [-0.2, 0) is 4.79 Å². The van der Waals surface area contributed by atoms with Gasteiger partial charge in [-0.2, -0.15) is 0 Å². The number of carboxylic acid groups (broad SMARTS) is 1. The summed E-state index contributed by atoms with van der Waals surface area (Å²) in [4.78, 5) is 10.3. The largest absolute Gasteiger partial charge is 0.481 e. The first-order chi connectivity index (χ1) is 5.99. The first-order valence-corrected chi connectivity index (χ1v) is 5.21. The molecule has 76 valence electrons. The van der Waals surface area contributed by atoms with Gasteiger partial charge in [-0.3, -0.25) is 4.79 Å². The Morgan fingerprint density at radius 1 is 1.54 bits per heavy atom. The minimum atomic E-state index is -0.655. The minimum absolute atomic E-state index is 0.344. The fourth-order valence-corrected chi connectivity index (χ4v) is 2.37. The fourth-order valence-electron chi connectivity index (χ4n) is 2.37. The standard InChI is InChI=1S/C11H20O2/c1-11(2)7-6-9(8-11)4-3-5-10(12)13/h9H,3-8H2,1-2H3,(H,12,13). The van der Waals surface area contributed by atoms with Gasteiger partial charge in [0.05, 0.1) is 0 Å². The van der Waals surface area contributed by atoms with E-state index in [1.807, 2.05) is 0 Å². The summed E-state index contributed by atoms with van der Waals surface area (Å²) < 4.78 is 0. The highest BCUT2D eigenvalue weighted by Crippen LogP contribution is 2.42. The lowest BCUT2D eigenvalue weighted by Gasteiger charge is -2.16. The Hall–Kier alpha value is -0.530. The summed E-state index contributed by atoms with van der Waals surface area (Å²) in [7, 11) is 0. The van der Waals surface area contributed by atoms with Crippen molar-refractivity contribution in [2.24, 2.45) is 11.3 Å². The highest BCUT2D eigenvalue weighted by Gasteiger charge is 2.30. The number of rotatable bonds is 4. The van der Waals surface area contributed by atoms with Crippen molar-refractivity contribution in [2.75, 3.05) is 0 Å². The summed E-state index contributed by atoms with van der Waals surface area (Å²) in [6.45, 7) is 4.62. The van der Waals surface area contributed by atoms with Crippen molar-refractivity contribution in [1.29, 1.82) is 0 Å². The van der Waals surface area contributed by atoms with Gasteiger partial charge in [0.2, 0.25) is 0 Å². The third-order valence-electron chi connectivity index (χ3n) is 3.07. The zero-order valence-electron chi connectivity index (χ0n) is 8.68. The lowest BCUT2D eigenvalue weighted by Crippen LogP contribution is -2.05. The molecule has 0 heterocycles. The summed E-state index contributed by atoms with van der Waals surface area (Å²) >= 11 is 0. The number of hydrogen-bond acceptors (Lipinski definition) is 1. The van der Waals surface area contributed by atoms with Crippen LogP contribution in [0.1, 0.15) is 52.4 Å². The van der Waals surface area contributed by atoms with Crippen molar-refractivity contribution in [3.05, 3.63) is 0 Å². The lowest BCUT2D eigenvalue weighted by atomic mass is 9.89. The summed E-state index contributed by atoms with van der Waals surface area (Å²) in [5.41, 5.74) is 0.508. The van der Waals surface area contributed by atoms with Crippen molar-refractivity contribution in [3.8, 4) is 0 Å². The van der Waals surface area contributed by atoms with Gasteiger partial charge in [-0.25, -0.2) is 0 Å². The second-order valence-corrected chi connectivity index (χ2v) is 5.06. The SMILES string of the molecule is CC1(C)CCC(CCCC(=O)O)C1. The molecule has 0 aromatic heterocycles. The van der Waals surface area contributed by atoms with E-state index in [1.54, 1.807) is 0 Å². The second-order valence-electron chi connectivity index (χ2n) is 5.06. The van der Waals surface area contributed by atoms with Crippen LogP contribution < -0.4 is 0 Å². The molecule has 1 unspecified atom stereocenters. The molecule has 2 heteroatoms. The van der Waals surface area contributed by atoms with Crippen LogP contribution in [0.4, 0.5) is 0 Å². The van der Waals surface area contributed by atoms with Crippen molar-refractivity contribution in [3.63, 3.8) is 0 Å². The molecule has 0 aromatic carbocycles. The van der Waals surface area contributed by atoms with E-state index in [0.717, 1.165) is 18.8 Å². The molecule has 1 saturated carbocycles. The van der Waals surface area contributed by atoms with Gasteiger partial charge >= 0.3 is 5.97 Å². The maximum Gasteiger partial charge on any atom is 0.303 e. The van der Waals surface area contributed by atoms with Crippen LogP contribution in [0.15, 0.2) is 0 Å². The molecular weight excluding hydrogens is 164 g/mol. The van der Waals surface area contributed by atoms with E-state index >= 15 is 0 Å². The molecule has 0 saturated heterocycles. The normalized spacial score (nSPS) is 26.2. The fraction of sp³-hybridized carbons (Fsp3) is 0.909. The zero-order valence-corrected chi connectivity index (χ0v) is 8.68. The van der Waals surface area contributed by atoms with Crippen LogP contribution in [0.2, 0.25) is 0 Å². The quantitative estimate of drug-likeness (QED) is 0.729. The molecule has 13 heavy (non-hydrogen) atoms. The van der Waals surface area contributed by atoms with Crippen molar-refractivity contribution in [2.45, 2.75) is 52.4 Å². The van der Waals surface area contributed by atoms with Crippen molar-refractivity contribution < 1.29 is 9.90 Å². The Labute approximate surface area is 80.3 Å². The highest BCUT2D eigenvalue weighted by atomic mass is 16.4. The summed E-state index contributed by atoms with van der Waals surface area (Å²) in [5, 5.41) is 8.49. The van der Waals surface area contributed by atoms with E-state index in [0.29, 0.717) is 11.8 Å². The van der Waals surface area contributed by atoms with Crippen LogP contribution in [0.25, 0.3) is 0 Å². The van der Waals surface area contributed by atoms with Crippen LogP contribution in [-0.4, -0.2) is 11.1 Å². The Morgan fingerprint density at radius 2 is 2.23 bits per heavy atom. The first kappa shape index (κ1) is 10.6. The molecule has 1 N–H and O–H groups in total. The van der Waals surface area contributed by atoms with Gasteiger partial charge in [-0.05, 0) is 43.4 Å². The molecule has 1 atom stereocenters. The number of aliphatic carboxylic acids is 1. The maximum absolute atomic E-state index is 10.3. The summed E-state index contributed by atoms with van der Waals surface area (Å²) in [6, 6.07) is 0.